The van der Waals surface area contributed by atoms with Gasteiger partial charge in [-0.15, -0.1) is 0 Å². The van der Waals surface area contributed by atoms with E-state index in [2.05, 4.69) is 28.5 Å². The number of piperazine rings is 1. The zero-order valence-corrected chi connectivity index (χ0v) is 23.2. The molecule has 1 amide bonds. The minimum absolute atomic E-state index is 0.0913. The number of carbonyl (C=O) groups is 1. The van der Waals surface area contributed by atoms with E-state index < -0.39 is 17.6 Å². The van der Waals surface area contributed by atoms with Gasteiger partial charge in [-0.1, -0.05) is 43.0 Å². The van der Waals surface area contributed by atoms with E-state index in [0.717, 1.165) is 35.7 Å². The molecule has 0 bridgehead atoms. The molecule has 0 saturated carbocycles. The second-order valence-electron chi connectivity index (χ2n) is 10.8. The number of benzene rings is 2. The van der Waals surface area contributed by atoms with Crippen molar-refractivity contribution in [3.05, 3.63) is 66.4 Å². The van der Waals surface area contributed by atoms with Gasteiger partial charge in [-0.2, -0.15) is 9.97 Å². The predicted molar refractivity (Wildman–Crippen MR) is 155 cm³/mol. The molecule has 0 aliphatic carbocycles. The second kappa shape index (κ2) is 11.0. The molecule has 2 aliphatic heterocycles. The SMILES string of the molecule is C=C(F)C(=O)N1CCN(c2nc(OC[C@H]3CCCN3C)nc3c(F)c(-c4cccc5cccc(C)c45)ncc23)CC1. The third-order valence-corrected chi connectivity index (χ3v) is 8.19. The van der Waals surface area contributed by atoms with Crippen LogP contribution in [0.3, 0.4) is 0 Å². The Morgan fingerprint density at radius 3 is 2.56 bits per heavy atom. The number of anilines is 1. The summed E-state index contributed by atoms with van der Waals surface area (Å²) in [4.78, 5) is 31.5. The molecule has 212 valence electrons. The Morgan fingerprint density at radius 2 is 1.85 bits per heavy atom. The van der Waals surface area contributed by atoms with Crippen LogP contribution in [0.2, 0.25) is 0 Å². The van der Waals surface area contributed by atoms with E-state index in [4.69, 9.17) is 9.72 Å². The molecule has 2 saturated heterocycles. The van der Waals surface area contributed by atoms with E-state index in [1.54, 1.807) is 6.20 Å². The summed E-state index contributed by atoms with van der Waals surface area (Å²) in [6, 6.07) is 12.1. The summed E-state index contributed by atoms with van der Waals surface area (Å²) in [5.41, 5.74) is 2.04. The number of likely N-dealkylation sites (N-methyl/N-ethyl adjacent to an activating group) is 1. The first-order valence-corrected chi connectivity index (χ1v) is 13.9. The highest BCUT2D eigenvalue weighted by Gasteiger charge is 2.28. The van der Waals surface area contributed by atoms with Crippen molar-refractivity contribution in [1.82, 2.24) is 24.8 Å². The maximum atomic E-state index is 16.5. The number of pyridine rings is 1. The fourth-order valence-corrected chi connectivity index (χ4v) is 5.89. The van der Waals surface area contributed by atoms with Crippen molar-refractivity contribution in [3.8, 4) is 17.3 Å². The lowest BCUT2D eigenvalue weighted by molar-refractivity contribution is -0.128. The molecule has 2 aliphatic rings. The summed E-state index contributed by atoms with van der Waals surface area (Å²) in [6.07, 6.45) is 3.71. The van der Waals surface area contributed by atoms with Crippen molar-refractivity contribution in [2.24, 2.45) is 0 Å². The molecular formula is C31H32F2N6O2. The lowest BCUT2D eigenvalue weighted by atomic mass is 9.97. The van der Waals surface area contributed by atoms with E-state index in [-0.39, 0.29) is 36.4 Å². The Morgan fingerprint density at radius 1 is 1.10 bits per heavy atom. The van der Waals surface area contributed by atoms with Crippen molar-refractivity contribution in [1.29, 1.82) is 0 Å². The van der Waals surface area contributed by atoms with Gasteiger partial charge < -0.3 is 19.4 Å². The average Bonchev–Trinajstić information content (AvgIpc) is 3.40. The molecule has 8 nitrogen and oxygen atoms in total. The van der Waals surface area contributed by atoms with E-state index in [1.807, 2.05) is 48.2 Å². The molecule has 2 aromatic heterocycles. The third kappa shape index (κ3) is 5.08. The minimum atomic E-state index is -0.985. The molecule has 41 heavy (non-hydrogen) atoms. The standard InChI is InChI=1S/C31H32F2N6O2/c1-19-7-4-8-21-9-5-11-23(25(19)21)27-26(33)28-24(17-34-27)29(38-13-15-39(16-14-38)30(40)20(2)32)36-31(35-28)41-18-22-10-6-12-37(22)3/h4-5,7-9,11,17,22H,2,6,10,12-16,18H2,1,3H3/t22-/m1/s1. The highest BCUT2D eigenvalue weighted by molar-refractivity contribution is 6.00. The summed E-state index contributed by atoms with van der Waals surface area (Å²) in [5, 5.41) is 2.38. The normalized spacial score (nSPS) is 17.9. The topological polar surface area (TPSA) is 74.7 Å². The van der Waals surface area contributed by atoms with Crippen LogP contribution in [0.5, 0.6) is 6.01 Å². The Bertz CT molecular complexity index is 1650. The summed E-state index contributed by atoms with van der Waals surface area (Å²) >= 11 is 0. The van der Waals surface area contributed by atoms with Crippen molar-refractivity contribution >= 4 is 33.4 Å². The fraction of sp³-hybridized carbons (Fsp3) is 0.355. The first kappa shape index (κ1) is 27.0. The quantitative estimate of drug-likeness (QED) is 0.312. The first-order valence-electron chi connectivity index (χ1n) is 13.9. The Balaban J connectivity index is 1.42. The molecule has 2 fully saturated rings. The molecule has 2 aromatic carbocycles. The smallest absolute Gasteiger partial charge is 0.319 e. The lowest BCUT2D eigenvalue weighted by Gasteiger charge is -2.35. The van der Waals surface area contributed by atoms with Gasteiger partial charge in [0.15, 0.2) is 11.6 Å². The van der Waals surface area contributed by atoms with E-state index in [1.165, 1.54) is 4.90 Å². The van der Waals surface area contributed by atoms with Crippen LogP contribution in [-0.2, 0) is 4.79 Å². The maximum Gasteiger partial charge on any atom is 0.319 e. The van der Waals surface area contributed by atoms with Crippen LogP contribution in [0, 0.1) is 12.7 Å². The van der Waals surface area contributed by atoms with Gasteiger partial charge in [0.2, 0.25) is 0 Å². The molecule has 4 heterocycles. The number of ether oxygens (including phenoxy) is 1. The monoisotopic (exact) mass is 558 g/mol. The van der Waals surface area contributed by atoms with Crippen LogP contribution in [0.25, 0.3) is 32.9 Å². The van der Waals surface area contributed by atoms with Crippen LogP contribution in [0.4, 0.5) is 14.6 Å². The zero-order valence-electron chi connectivity index (χ0n) is 23.2. The number of hydrogen-bond donors (Lipinski definition) is 0. The molecule has 0 spiro atoms. The van der Waals surface area contributed by atoms with E-state index in [0.29, 0.717) is 36.5 Å². The summed E-state index contributed by atoms with van der Waals surface area (Å²) in [7, 11) is 2.06. The van der Waals surface area contributed by atoms with Gasteiger partial charge in [0, 0.05) is 44.0 Å². The van der Waals surface area contributed by atoms with Gasteiger partial charge in [-0.25, -0.2) is 8.78 Å². The molecule has 0 radical (unpaired) electrons. The van der Waals surface area contributed by atoms with Crippen molar-refractivity contribution in [3.63, 3.8) is 0 Å². The van der Waals surface area contributed by atoms with Gasteiger partial charge in [-0.05, 0) is 49.7 Å². The Hall–Kier alpha value is -4.18. The van der Waals surface area contributed by atoms with Crippen LogP contribution in [0.15, 0.2) is 55.0 Å². The van der Waals surface area contributed by atoms with Gasteiger partial charge in [0.1, 0.15) is 23.6 Å². The number of nitrogens with zero attached hydrogens (tertiary/aromatic N) is 6. The molecule has 4 aromatic rings. The largest absolute Gasteiger partial charge is 0.462 e. The molecule has 0 N–H and O–H groups in total. The van der Waals surface area contributed by atoms with E-state index in [9.17, 15) is 9.18 Å². The summed E-state index contributed by atoms with van der Waals surface area (Å²) in [6.45, 7) is 7.83. The van der Waals surface area contributed by atoms with Gasteiger partial charge in [0.05, 0.1) is 5.39 Å². The highest BCUT2D eigenvalue weighted by atomic mass is 19.1. The van der Waals surface area contributed by atoms with Crippen molar-refractivity contribution < 1.29 is 18.3 Å². The Labute approximate surface area is 237 Å². The van der Waals surface area contributed by atoms with Crippen LogP contribution < -0.4 is 9.64 Å². The third-order valence-electron chi connectivity index (χ3n) is 8.19. The molecule has 1 atom stereocenters. The number of rotatable bonds is 6. The zero-order chi connectivity index (χ0) is 28.7. The number of aromatic nitrogens is 3. The number of hydrogen-bond acceptors (Lipinski definition) is 7. The number of aryl methyl sites for hydroxylation is 1. The number of amides is 1. The second-order valence-corrected chi connectivity index (χ2v) is 10.8. The predicted octanol–water partition coefficient (Wildman–Crippen LogP) is 4.90. The Kier molecular flexibility index (Phi) is 7.25. The van der Waals surface area contributed by atoms with Gasteiger partial charge in [0.25, 0.3) is 5.91 Å². The van der Waals surface area contributed by atoms with Crippen LogP contribution >= 0.6 is 0 Å². The minimum Gasteiger partial charge on any atom is -0.462 e. The highest BCUT2D eigenvalue weighted by Crippen LogP contribution is 2.36. The number of carbonyl (C=O) groups excluding carboxylic acids is 1. The number of likely N-dealkylation sites (tertiary alicyclic amines) is 1. The number of fused-ring (bicyclic) bond motifs is 2. The molecule has 0 unspecified atom stereocenters. The maximum absolute atomic E-state index is 16.5. The lowest BCUT2D eigenvalue weighted by Crippen LogP contribution is -2.49. The summed E-state index contributed by atoms with van der Waals surface area (Å²) < 4.78 is 36.0. The number of halogens is 2. The van der Waals surface area contributed by atoms with Crippen molar-refractivity contribution in [2.45, 2.75) is 25.8 Å². The van der Waals surface area contributed by atoms with Crippen molar-refractivity contribution in [2.75, 3.05) is 51.3 Å². The van der Waals surface area contributed by atoms with E-state index >= 15 is 4.39 Å². The average molecular weight is 559 g/mol. The van der Waals surface area contributed by atoms with Gasteiger partial charge in [-0.3, -0.25) is 9.78 Å². The first-order chi connectivity index (χ1) is 19.8. The molecule has 10 heteroatoms. The molecular weight excluding hydrogens is 526 g/mol. The fourth-order valence-electron chi connectivity index (χ4n) is 5.89. The van der Waals surface area contributed by atoms with Crippen LogP contribution in [0.1, 0.15) is 18.4 Å². The van der Waals surface area contributed by atoms with Crippen LogP contribution in [-0.4, -0.2) is 83.1 Å². The molecule has 6 rings (SSSR count). The summed E-state index contributed by atoms with van der Waals surface area (Å²) in [5.74, 6) is -1.78. The van der Waals surface area contributed by atoms with Gasteiger partial charge >= 0.3 is 6.01 Å².